The van der Waals surface area contributed by atoms with E-state index < -0.39 is 0 Å². The van der Waals surface area contributed by atoms with Crippen LogP contribution >= 0.6 is 0 Å². The molecule has 2 aliphatic rings. The van der Waals surface area contributed by atoms with Crippen LogP contribution in [0.2, 0.25) is 0 Å². The summed E-state index contributed by atoms with van der Waals surface area (Å²) in [5.41, 5.74) is 2.84. The number of nitriles is 1. The molecule has 0 bridgehead atoms. The normalized spacial score (nSPS) is 19.8. The Morgan fingerprint density at radius 1 is 1.24 bits per heavy atom. The highest BCUT2D eigenvalue weighted by Crippen LogP contribution is 2.39. The molecule has 6 heteroatoms. The third kappa shape index (κ3) is 3.55. The summed E-state index contributed by atoms with van der Waals surface area (Å²) in [7, 11) is 0. The fourth-order valence-electron chi connectivity index (χ4n) is 3.37. The van der Waals surface area contributed by atoms with Crippen LogP contribution in [-0.2, 0) is 11.2 Å². The van der Waals surface area contributed by atoms with E-state index in [2.05, 4.69) is 22.6 Å². The molecular weight excluding hydrogens is 314 g/mol. The second-order valence-electron chi connectivity index (χ2n) is 6.99. The first kappa shape index (κ1) is 15.8. The van der Waals surface area contributed by atoms with Gasteiger partial charge in [0.25, 0.3) is 0 Å². The zero-order valence-corrected chi connectivity index (χ0v) is 14.1. The van der Waals surface area contributed by atoms with E-state index in [9.17, 15) is 4.79 Å². The highest BCUT2D eigenvalue weighted by molar-refractivity contribution is 5.76. The molecule has 1 aliphatic carbocycles. The summed E-state index contributed by atoms with van der Waals surface area (Å²) in [5.74, 6) is 0.801. The molecule has 25 heavy (non-hydrogen) atoms. The molecule has 2 fully saturated rings. The number of carbonyl (C=O) groups excluding carboxylic acids is 1. The van der Waals surface area contributed by atoms with Crippen molar-refractivity contribution >= 4 is 5.91 Å². The lowest BCUT2D eigenvalue weighted by Crippen LogP contribution is -2.29. The lowest BCUT2D eigenvalue weighted by atomic mass is 10.1. The Morgan fingerprint density at radius 3 is 2.76 bits per heavy atom. The van der Waals surface area contributed by atoms with Gasteiger partial charge < -0.3 is 4.90 Å². The van der Waals surface area contributed by atoms with Crippen LogP contribution in [0.5, 0.6) is 0 Å². The molecule has 1 atom stereocenters. The number of aryl methyl sites for hydroxylation is 1. The van der Waals surface area contributed by atoms with E-state index in [1.54, 1.807) is 12.1 Å². The third-order valence-corrected chi connectivity index (χ3v) is 5.12. The molecule has 1 aromatic heterocycles. The number of benzene rings is 1. The van der Waals surface area contributed by atoms with Gasteiger partial charge in [0.2, 0.25) is 5.91 Å². The van der Waals surface area contributed by atoms with Gasteiger partial charge in [0.15, 0.2) is 0 Å². The molecule has 6 nitrogen and oxygen atoms in total. The van der Waals surface area contributed by atoms with Gasteiger partial charge in [-0.25, -0.2) is 4.68 Å². The predicted molar refractivity (Wildman–Crippen MR) is 91.7 cm³/mol. The van der Waals surface area contributed by atoms with Gasteiger partial charge in [-0.1, -0.05) is 17.3 Å². The fraction of sp³-hybridized carbons (Fsp3) is 0.474. The smallest absolute Gasteiger partial charge is 0.222 e. The topological polar surface area (TPSA) is 74.8 Å². The number of likely N-dealkylation sites (tertiary alicyclic amines) is 1. The Hall–Kier alpha value is -2.68. The van der Waals surface area contributed by atoms with Crippen molar-refractivity contribution in [3.8, 4) is 6.07 Å². The standard InChI is InChI=1S/C19H21N5O/c20-11-15-3-1-14(2-4-15)5-8-19(25)23-10-9-17(12-23)24-13-18(21-22-24)16-6-7-16/h1-4,13,16-17H,5-10,12H2. The number of carbonyl (C=O) groups is 1. The summed E-state index contributed by atoms with van der Waals surface area (Å²) < 4.78 is 1.95. The summed E-state index contributed by atoms with van der Waals surface area (Å²) in [6, 6.07) is 9.80. The van der Waals surface area contributed by atoms with Crippen LogP contribution in [0.25, 0.3) is 0 Å². The first-order chi connectivity index (χ1) is 12.2. The van der Waals surface area contributed by atoms with Crippen molar-refractivity contribution in [3.63, 3.8) is 0 Å². The lowest BCUT2D eigenvalue weighted by molar-refractivity contribution is -0.130. The second-order valence-corrected chi connectivity index (χ2v) is 6.99. The zero-order chi connectivity index (χ0) is 17.2. The molecule has 0 radical (unpaired) electrons. The van der Waals surface area contributed by atoms with Gasteiger partial charge in [-0.05, 0) is 43.4 Å². The Labute approximate surface area is 147 Å². The highest BCUT2D eigenvalue weighted by Gasteiger charge is 2.30. The van der Waals surface area contributed by atoms with Gasteiger partial charge in [0, 0.05) is 31.6 Å². The van der Waals surface area contributed by atoms with Crippen molar-refractivity contribution in [2.45, 2.75) is 44.1 Å². The van der Waals surface area contributed by atoms with Gasteiger partial charge in [-0.15, -0.1) is 5.10 Å². The molecule has 128 valence electrons. The SMILES string of the molecule is N#Cc1ccc(CCC(=O)N2CCC(n3cc(C4CC4)nn3)C2)cc1. The summed E-state index contributed by atoms with van der Waals surface area (Å²) in [6.07, 6.45) is 6.67. The van der Waals surface area contributed by atoms with Crippen molar-refractivity contribution in [2.75, 3.05) is 13.1 Å². The van der Waals surface area contributed by atoms with E-state index >= 15 is 0 Å². The van der Waals surface area contributed by atoms with Crippen molar-refractivity contribution in [1.82, 2.24) is 19.9 Å². The molecule has 2 heterocycles. The maximum absolute atomic E-state index is 12.5. The van der Waals surface area contributed by atoms with E-state index in [1.807, 2.05) is 21.7 Å². The monoisotopic (exact) mass is 335 g/mol. The van der Waals surface area contributed by atoms with Crippen LogP contribution in [0.15, 0.2) is 30.5 Å². The molecule has 1 amide bonds. The first-order valence-electron chi connectivity index (χ1n) is 8.91. The minimum absolute atomic E-state index is 0.189. The van der Waals surface area contributed by atoms with Crippen LogP contribution in [-0.4, -0.2) is 38.9 Å². The van der Waals surface area contributed by atoms with Gasteiger partial charge in [-0.2, -0.15) is 5.26 Å². The average Bonchev–Trinajstić information content (AvgIpc) is 3.18. The fourth-order valence-corrected chi connectivity index (χ4v) is 3.37. The van der Waals surface area contributed by atoms with Crippen LogP contribution in [0.3, 0.4) is 0 Å². The number of hydrogen-bond acceptors (Lipinski definition) is 4. The van der Waals surface area contributed by atoms with E-state index in [1.165, 1.54) is 12.8 Å². The van der Waals surface area contributed by atoms with E-state index in [0.717, 1.165) is 30.8 Å². The Balaban J connectivity index is 1.29. The van der Waals surface area contributed by atoms with Crippen molar-refractivity contribution in [1.29, 1.82) is 5.26 Å². The minimum Gasteiger partial charge on any atom is -0.340 e. The van der Waals surface area contributed by atoms with Crippen LogP contribution in [0.4, 0.5) is 0 Å². The minimum atomic E-state index is 0.189. The molecular formula is C19H21N5O. The predicted octanol–water partition coefficient (Wildman–Crippen LogP) is 2.43. The number of hydrogen-bond donors (Lipinski definition) is 0. The molecule has 1 aliphatic heterocycles. The average molecular weight is 335 g/mol. The summed E-state index contributed by atoms with van der Waals surface area (Å²) in [6.45, 7) is 1.51. The van der Waals surface area contributed by atoms with E-state index in [0.29, 0.717) is 24.3 Å². The molecule has 2 aromatic rings. The first-order valence-corrected chi connectivity index (χ1v) is 8.91. The molecule has 1 saturated heterocycles. The largest absolute Gasteiger partial charge is 0.340 e. The van der Waals surface area contributed by atoms with Crippen molar-refractivity contribution in [3.05, 3.63) is 47.3 Å². The van der Waals surface area contributed by atoms with Gasteiger partial charge >= 0.3 is 0 Å². The molecule has 0 N–H and O–H groups in total. The van der Waals surface area contributed by atoms with Gasteiger partial charge in [-0.3, -0.25) is 4.79 Å². The Morgan fingerprint density at radius 2 is 2.04 bits per heavy atom. The number of nitrogens with zero attached hydrogens (tertiary/aromatic N) is 5. The molecule has 1 unspecified atom stereocenters. The second kappa shape index (κ2) is 6.67. The van der Waals surface area contributed by atoms with Crippen LogP contribution in [0.1, 0.15) is 54.5 Å². The molecule has 1 saturated carbocycles. The third-order valence-electron chi connectivity index (χ3n) is 5.12. The van der Waals surface area contributed by atoms with Crippen LogP contribution < -0.4 is 0 Å². The van der Waals surface area contributed by atoms with Crippen molar-refractivity contribution in [2.24, 2.45) is 0 Å². The van der Waals surface area contributed by atoms with Crippen LogP contribution in [0, 0.1) is 11.3 Å². The highest BCUT2D eigenvalue weighted by atomic mass is 16.2. The molecule has 1 aromatic carbocycles. The summed E-state index contributed by atoms with van der Waals surface area (Å²) in [4.78, 5) is 14.4. The maximum Gasteiger partial charge on any atom is 0.222 e. The number of rotatable bonds is 5. The van der Waals surface area contributed by atoms with Gasteiger partial charge in [0.05, 0.1) is 23.4 Å². The Bertz CT molecular complexity index is 800. The quantitative estimate of drug-likeness (QED) is 0.841. The van der Waals surface area contributed by atoms with E-state index in [-0.39, 0.29) is 11.9 Å². The van der Waals surface area contributed by atoms with Gasteiger partial charge in [0.1, 0.15) is 0 Å². The lowest BCUT2D eigenvalue weighted by Gasteiger charge is -2.16. The maximum atomic E-state index is 12.5. The van der Waals surface area contributed by atoms with E-state index in [4.69, 9.17) is 5.26 Å². The zero-order valence-electron chi connectivity index (χ0n) is 14.1. The van der Waals surface area contributed by atoms with Crippen molar-refractivity contribution < 1.29 is 4.79 Å². The molecule has 4 rings (SSSR count). The summed E-state index contributed by atoms with van der Waals surface area (Å²) in [5, 5.41) is 17.4. The Kier molecular flexibility index (Phi) is 4.22. The molecule has 0 spiro atoms. The number of aromatic nitrogens is 3. The number of amides is 1. The summed E-state index contributed by atoms with van der Waals surface area (Å²) >= 11 is 0.